The van der Waals surface area contributed by atoms with Crippen LogP contribution in [0.5, 0.6) is 0 Å². The minimum Gasteiger partial charge on any atom is -0.355 e. The molecule has 8 heteroatoms. The van der Waals surface area contributed by atoms with E-state index in [9.17, 15) is 14.9 Å². The van der Waals surface area contributed by atoms with Crippen LogP contribution in [-0.4, -0.2) is 34.2 Å². The number of aromatic nitrogens is 1. The molecule has 1 atom stereocenters. The molecule has 2 aromatic rings. The summed E-state index contributed by atoms with van der Waals surface area (Å²) < 4.78 is 0. The number of hydrogen-bond acceptors (Lipinski definition) is 6. The lowest BCUT2D eigenvalue weighted by atomic mass is 10.3. The molecular weight excluding hydrogens is 352 g/mol. The lowest BCUT2D eigenvalue weighted by Crippen LogP contribution is -2.26. The highest BCUT2D eigenvalue weighted by atomic mass is 32.2. The Labute approximate surface area is 156 Å². The van der Waals surface area contributed by atoms with Crippen molar-refractivity contribution in [1.29, 1.82) is 0 Å². The van der Waals surface area contributed by atoms with Crippen LogP contribution in [0, 0.1) is 10.1 Å². The summed E-state index contributed by atoms with van der Waals surface area (Å²) in [5, 5.41) is 13.3. The summed E-state index contributed by atoms with van der Waals surface area (Å²) in [6, 6.07) is 9.88. The lowest BCUT2D eigenvalue weighted by molar-refractivity contribution is -0.384. The summed E-state index contributed by atoms with van der Waals surface area (Å²) in [5.74, 6) is 0.688. The Morgan fingerprint density at radius 2 is 1.96 bits per heavy atom. The largest absolute Gasteiger partial charge is 0.355 e. The first-order valence-corrected chi connectivity index (χ1v) is 9.34. The van der Waals surface area contributed by atoms with Crippen molar-refractivity contribution in [3.63, 3.8) is 0 Å². The van der Waals surface area contributed by atoms with Gasteiger partial charge in [0.2, 0.25) is 5.91 Å². The quantitative estimate of drug-likeness (QED) is 0.472. The van der Waals surface area contributed by atoms with Gasteiger partial charge in [-0.05, 0) is 44.0 Å². The highest BCUT2D eigenvalue weighted by Gasteiger charge is 2.20. The molecule has 7 nitrogen and oxygen atoms in total. The molecule has 1 N–H and O–H groups in total. The smallest absolute Gasteiger partial charge is 0.269 e. The number of carbonyl (C=O) groups excluding carboxylic acids is 1. The van der Waals surface area contributed by atoms with Gasteiger partial charge in [-0.1, -0.05) is 0 Å². The number of pyridine rings is 1. The predicted octanol–water partition coefficient (Wildman–Crippen LogP) is 3.71. The molecule has 1 saturated heterocycles. The number of rotatable bonds is 6. The summed E-state index contributed by atoms with van der Waals surface area (Å²) in [4.78, 5) is 30.3. The van der Waals surface area contributed by atoms with Gasteiger partial charge in [0.1, 0.15) is 0 Å². The molecule has 0 bridgehead atoms. The molecule has 1 aliphatic heterocycles. The van der Waals surface area contributed by atoms with Crippen molar-refractivity contribution in [2.24, 2.45) is 0 Å². The predicted molar refractivity (Wildman–Crippen MR) is 103 cm³/mol. The molecule has 3 rings (SSSR count). The number of nitro groups is 1. The van der Waals surface area contributed by atoms with E-state index < -0.39 is 4.92 Å². The Morgan fingerprint density at radius 3 is 2.62 bits per heavy atom. The van der Waals surface area contributed by atoms with Crippen molar-refractivity contribution in [1.82, 2.24) is 4.98 Å². The molecule has 26 heavy (non-hydrogen) atoms. The van der Waals surface area contributed by atoms with E-state index in [-0.39, 0.29) is 16.8 Å². The molecular formula is C18H20N4O3S. The molecule has 2 heterocycles. The number of nitrogens with zero attached hydrogens (tertiary/aromatic N) is 3. The molecule has 1 aromatic heterocycles. The number of carbonyl (C=O) groups is 1. The van der Waals surface area contributed by atoms with Gasteiger partial charge in [-0.2, -0.15) is 0 Å². The van der Waals surface area contributed by atoms with Crippen LogP contribution in [0.15, 0.2) is 47.5 Å². The zero-order valence-electron chi connectivity index (χ0n) is 14.4. The molecule has 1 fully saturated rings. The molecule has 0 unspecified atom stereocenters. The van der Waals surface area contributed by atoms with Gasteiger partial charge < -0.3 is 10.2 Å². The molecule has 0 saturated carbocycles. The van der Waals surface area contributed by atoms with Crippen LogP contribution in [0.3, 0.4) is 0 Å². The van der Waals surface area contributed by atoms with Crippen LogP contribution in [0.4, 0.5) is 17.2 Å². The first-order valence-electron chi connectivity index (χ1n) is 8.46. The van der Waals surface area contributed by atoms with Crippen molar-refractivity contribution < 1.29 is 9.72 Å². The second kappa shape index (κ2) is 8.18. The van der Waals surface area contributed by atoms with E-state index >= 15 is 0 Å². The maximum atomic E-state index is 12.6. The van der Waals surface area contributed by atoms with Crippen molar-refractivity contribution >= 4 is 34.9 Å². The Kier molecular flexibility index (Phi) is 5.72. The molecule has 1 amide bonds. The molecule has 1 aliphatic rings. The fraction of sp³-hybridized carbons (Fsp3) is 0.333. The standard InChI is InChI=1S/C18H20N4O3S/c1-13(26-15-8-6-14(7-9-15)22(24)25)18(23)20-16-5-4-10-19-17(16)21-11-2-3-12-21/h4-10,13H,2-3,11-12H2,1H3,(H,20,23)/t13-/m0/s1. The number of nitrogens with one attached hydrogen (secondary N) is 1. The molecule has 136 valence electrons. The molecule has 0 spiro atoms. The van der Waals surface area contributed by atoms with E-state index in [1.54, 1.807) is 18.3 Å². The van der Waals surface area contributed by atoms with Crippen LogP contribution in [0.25, 0.3) is 0 Å². The minimum absolute atomic E-state index is 0.0390. The number of non-ortho nitro benzene ring substituents is 1. The summed E-state index contributed by atoms with van der Waals surface area (Å²) in [5.41, 5.74) is 0.757. The summed E-state index contributed by atoms with van der Waals surface area (Å²) in [7, 11) is 0. The average Bonchev–Trinajstić information content (AvgIpc) is 3.17. The SMILES string of the molecule is C[C@H](Sc1ccc([N+](=O)[O-])cc1)C(=O)Nc1cccnc1N1CCCC1. The second-order valence-electron chi connectivity index (χ2n) is 6.07. The lowest BCUT2D eigenvalue weighted by Gasteiger charge is -2.21. The Morgan fingerprint density at radius 1 is 1.27 bits per heavy atom. The molecule has 0 radical (unpaired) electrons. The van der Waals surface area contributed by atoms with Gasteiger partial charge in [-0.25, -0.2) is 4.98 Å². The highest BCUT2D eigenvalue weighted by molar-refractivity contribution is 8.00. The number of amides is 1. The number of nitro benzene ring substituents is 1. The Balaban J connectivity index is 1.65. The van der Waals surface area contributed by atoms with Crippen molar-refractivity contribution in [3.8, 4) is 0 Å². The topological polar surface area (TPSA) is 88.4 Å². The Hall–Kier alpha value is -2.61. The van der Waals surface area contributed by atoms with Crippen LogP contribution >= 0.6 is 11.8 Å². The van der Waals surface area contributed by atoms with E-state index in [1.165, 1.54) is 23.9 Å². The van der Waals surface area contributed by atoms with Gasteiger partial charge in [0.05, 0.1) is 15.9 Å². The average molecular weight is 372 g/mol. The third kappa shape index (κ3) is 4.32. The highest BCUT2D eigenvalue weighted by Crippen LogP contribution is 2.29. The van der Waals surface area contributed by atoms with Gasteiger partial charge in [-0.3, -0.25) is 14.9 Å². The van der Waals surface area contributed by atoms with Crippen molar-refractivity contribution in [2.75, 3.05) is 23.3 Å². The number of anilines is 2. The van der Waals surface area contributed by atoms with E-state index in [1.807, 2.05) is 19.1 Å². The van der Waals surface area contributed by atoms with Gasteiger partial charge in [-0.15, -0.1) is 11.8 Å². The first kappa shape index (κ1) is 18.2. The number of thioether (sulfide) groups is 1. The zero-order chi connectivity index (χ0) is 18.5. The van der Waals surface area contributed by atoms with E-state index in [0.717, 1.165) is 42.3 Å². The van der Waals surface area contributed by atoms with Crippen molar-refractivity contribution in [3.05, 3.63) is 52.7 Å². The monoisotopic (exact) mass is 372 g/mol. The fourth-order valence-corrected chi connectivity index (χ4v) is 3.68. The first-order chi connectivity index (χ1) is 12.5. The van der Waals surface area contributed by atoms with Gasteiger partial charge in [0, 0.05) is 36.3 Å². The van der Waals surface area contributed by atoms with Crippen molar-refractivity contribution in [2.45, 2.75) is 29.9 Å². The van der Waals surface area contributed by atoms with Crippen LogP contribution in [0.2, 0.25) is 0 Å². The third-order valence-electron chi connectivity index (χ3n) is 4.18. The van der Waals surface area contributed by atoms with Crippen LogP contribution in [0.1, 0.15) is 19.8 Å². The van der Waals surface area contributed by atoms with E-state index in [4.69, 9.17) is 0 Å². The normalized spacial score (nSPS) is 14.9. The maximum absolute atomic E-state index is 12.6. The fourth-order valence-electron chi connectivity index (χ4n) is 2.81. The van der Waals surface area contributed by atoms with E-state index in [2.05, 4.69) is 15.2 Å². The maximum Gasteiger partial charge on any atom is 0.269 e. The van der Waals surface area contributed by atoms with Crippen LogP contribution < -0.4 is 10.2 Å². The molecule has 1 aromatic carbocycles. The minimum atomic E-state index is -0.438. The van der Waals surface area contributed by atoms with Crippen LogP contribution in [-0.2, 0) is 4.79 Å². The summed E-state index contributed by atoms with van der Waals surface area (Å²) in [6.07, 6.45) is 4.01. The Bertz CT molecular complexity index is 791. The summed E-state index contributed by atoms with van der Waals surface area (Å²) >= 11 is 1.36. The van der Waals surface area contributed by atoms with Gasteiger partial charge in [0.25, 0.3) is 5.69 Å². The third-order valence-corrected chi connectivity index (χ3v) is 5.29. The zero-order valence-corrected chi connectivity index (χ0v) is 15.2. The molecule has 0 aliphatic carbocycles. The second-order valence-corrected chi connectivity index (χ2v) is 7.48. The van der Waals surface area contributed by atoms with Gasteiger partial charge >= 0.3 is 0 Å². The van der Waals surface area contributed by atoms with Gasteiger partial charge in [0.15, 0.2) is 5.82 Å². The van der Waals surface area contributed by atoms with E-state index in [0.29, 0.717) is 0 Å². The number of benzene rings is 1. The summed E-state index contributed by atoms with van der Waals surface area (Å²) in [6.45, 7) is 3.72. The number of hydrogen-bond donors (Lipinski definition) is 1.